The maximum atomic E-state index is 13.9. The van der Waals surface area contributed by atoms with Crippen LogP contribution in [0.25, 0.3) is 0 Å². The summed E-state index contributed by atoms with van der Waals surface area (Å²) in [5.41, 5.74) is 0.196. The van der Waals surface area contributed by atoms with Gasteiger partial charge in [-0.15, -0.1) is 0 Å². The van der Waals surface area contributed by atoms with E-state index in [0.717, 1.165) is 12.8 Å². The quantitative estimate of drug-likeness (QED) is 0.869. The molecule has 1 aromatic rings. The minimum Gasteiger partial charge on any atom is -0.497 e. The summed E-state index contributed by atoms with van der Waals surface area (Å²) in [7, 11) is 0. The zero-order chi connectivity index (χ0) is 16.9. The number of carbonyl (C=O) groups is 1. The maximum Gasteiger partial charge on any atom is 0.412 e. The molecule has 1 heterocycles. The third kappa shape index (κ3) is 5.81. The van der Waals surface area contributed by atoms with E-state index in [0.29, 0.717) is 17.9 Å². The molecule has 1 aliphatic heterocycles. The first kappa shape index (κ1) is 17.1. The molecule has 1 atom stereocenters. The fourth-order valence-corrected chi connectivity index (χ4v) is 2.12. The number of anilines is 2. The van der Waals surface area contributed by atoms with Crippen molar-refractivity contribution in [1.29, 1.82) is 0 Å². The Hall–Kier alpha value is -2.24. The number of rotatable bonds is 4. The Kier molecular flexibility index (Phi) is 5.47. The Balaban J connectivity index is 1.95. The Morgan fingerprint density at radius 1 is 1.43 bits per heavy atom. The van der Waals surface area contributed by atoms with Gasteiger partial charge in [-0.3, -0.25) is 5.32 Å². The summed E-state index contributed by atoms with van der Waals surface area (Å²) in [5, 5.41) is 5.61. The average molecular weight is 322 g/mol. The van der Waals surface area contributed by atoms with E-state index in [1.807, 2.05) is 6.08 Å². The fraction of sp³-hybridized carbons (Fsp3) is 0.471. The molecule has 1 aliphatic rings. The number of nitrogens with one attached hydrogen (secondary N) is 2. The normalized spacial score (nSPS) is 17.3. The molecule has 126 valence electrons. The van der Waals surface area contributed by atoms with Crippen LogP contribution in [0.3, 0.4) is 0 Å². The lowest BCUT2D eigenvalue weighted by Crippen LogP contribution is -2.27. The van der Waals surface area contributed by atoms with Crippen LogP contribution in [0.15, 0.2) is 30.5 Å². The summed E-state index contributed by atoms with van der Waals surface area (Å²) < 4.78 is 24.5. The molecule has 23 heavy (non-hydrogen) atoms. The second-order valence-corrected chi connectivity index (χ2v) is 6.41. The lowest BCUT2D eigenvalue weighted by Gasteiger charge is -2.21. The van der Waals surface area contributed by atoms with Crippen molar-refractivity contribution in [3.05, 3.63) is 36.4 Å². The summed E-state index contributed by atoms with van der Waals surface area (Å²) in [4.78, 5) is 11.8. The van der Waals surface area contributed by atoms with E-state index in [-0.39, 0.29) is 11.9 Å². The average Bonchev–Trinajstić information content (AvgIpc) is 2.47. The first-order chi connectivity index (χ1) is 10.8. The van der Waals surface area contributed by atoms with Gasteiger partial charge in [0.05, 0.1) is 18.5 Å². The lowest BCUT2D eigenvalue weighted by molar-refractivity contribution is 0.0636. The van der Waals surface area contributed by atoms with Crippen LogP contribution in [0.1, 0.15) is 33.6 Å². The Morgan fingerprint density at radius 2 is 2.22 bits per heavy atom. The number of halogens is 1. The Morgan fingerprint density at radius 3 is 2.87 bits per heavy atom. The minimum absolute atomic E-state index is 0.0156. The predicted molar refractivity (Wildman–Crippen MR) is 88.0 cm³/mol. The molecule has 0 bridgehead atoms. The van der Waals surface area contributed by atoms with E-state index >= 15 is 0 Å². The van der Waals surface area contributed by atoms with Crippen molar-refractivity contribution in [2.75, 3.05) is 17.2 Å². The SMILES string of the molecule is CC(C)(C)OC(=O)Nc1ccc(F)c(NCC2CCC=CO2)c1. The highest BCUT2D eigenvalue weighted by Crippen LogP contribution is 2.21. The van der Waals surface area contributed by atoms with Crippen LogP contribution in [-0.4, -0.2) is 24.3 Å². The van der Waals surface area contributed by atoms with Crippen LogP contribution >= 0.6 is 0 Å². The van der Waals surface area contributed by atoms with E-state index < -0.39 is 11.7 Å². The van der Waals surface area contributed by atoms with E-state index in [2.05, 4.69) is 10.6 Å². The van der Waals surface area contributed by atoms with Crippen molar-refractivity contribution in [2.24, 2.45) is 0 Å². The van der Waals surface area contributed by atoms with Crippen LogP contribution in [0, 0.1) is 5.82 Å². The molecule has 0 radical (unpaired) electrons. The van der Waals surface area contributed by atoms with Crippen LogP contribution in [0.5, 0.6) is 0 Å². The van der Waals surface area contributed by atoms with Gasteiger partial charge in [0.2, 0.25) is 0 Å². The summed E-state index contributed by atoms with van der Waals surface area (Å²) in [6, 6.07) is 4.33. The van der Waals surface area contributed by atoms with E-state index in [9.17, 15) is 9.18 Å². The van der Waals surface area contributed by atoms with Crippen molar-refractivity contribution in [3.63, 3.8) is 0 Å². The maximum absolute atomic E-state index is 13.9. The number of hydrogen-bond acceptors (Lipinski definition) is 4. The first-order valence-corrected chi connectivity index (χ1v) is 7.67. The highest BCUT2D eigenvalue weighted by atomic mass is 19.1. The van der Waals surface area contributed by atoms with Crippen molar-refractivity contribution in [1.82, 2.24) is 0 Å². The predicted octanol–water partition coefficient (Wildman–Crippen LogP) is 4.28. The zero-order valence-electron chi connectivity index (χ0n) is 13.7. The molecular weight excluding hydrogens is 299 g/mol. The third-order valence-electron chi connectivity index (χ3n) is 3.15. The Labute approximate surface area is 135 Å². The highest BCUT2D eigenvalue weighted by molar-refractivity contribution is 5.85. The van der Waals surface area contributed by atoms with Crippen LogP contribution in [0.2, 0.25) is 0 Å². The van der Waals surface area contributed by atoms with Gasteiger partial charge >= 0.3 is 6.09 Å². The smallest absolute Gasteiger partial charge is 0.412 e. The Bertz CT molecular complexity index is 582. The number of amides is 1. The largest absolute Gasteiger partial charge is 0.497 e. The molecule has 0 aliphatic carbocycles. The van der Waals surface area contributed by atoms with Crippen LogP contribution < -0.4 is 10.6 Å². The molecule has 1 aromatic carbocycles. The summed E-state index contributed by atoms with van der Waals surface area (Å²) in [6.45, 7) is 5.84. The topological polar surface area (TPSA) is 59.6 Å². The minimum atomic E-state index is -0.586. The van der Waals surface area contributed by atoms with Gasteiger partial charge in [-0.05, 0) is 57.9 Å². The molecule has 0 saturated heterocycles. The van der Waals surface area contributed by atoms with Gasteiger partial charge in [-0.1, -0.05) is 0 Å². The molecule has 0 aromatic heterocycles. The number of ether oxygens (including phenoxy) is 2. The second kappa shape index (κ2) is 7.35. The van der Waals surface area contributed by atoms with Gasteiger partial charge in [-0.2, -0.15) is 0 Å². The monoisotopic (exact) mass is 322 g/mol. The fourth-order valence-electron chi connectivity index (χ4n) is 2.12. The molecule has 1 unspecified atom stereocenters. The number of carbonyl (C=O) groups excluding carboxylic acids is 1. The van der Waals surface area contributed by atoms with Crippen molar-refractivity contribution < 1.29 is 18.7 Å². The van der Waals surface area contributed by atoms with Crippen molar-refractivity contribution in [2.45, 2.75) is 45.3 Å². The van der Waals surface area contributed by atoms with Crippen molar-refractivity contribution >= 4 is 17.5 Å². The highest BCUT2D eigenvalue weighted by Gasteiger charge is 2.17. The molecular formula is C17H23FN2O3. The first-order valence-electron chi connectivity index (χ1n) is 7.67. The molecule has 6 heteroatoms. The molecule has 2 N–H and O–H groups in total. The van der Waals surface area contributed by atoms with E-state index in [1.165, 1.54) is 18.2 Å². The van der Waals surface area contributed by atoms with Gasteiger partial charge in [0.25, 0.3) is 0 Å². The summed E-state index contributed by atoms with van der Waals surface area (Å²) in [5.74, 6) is -0.383. The molecule has 0 saturated carbocycles. The van der Waals surface area contributed by atoms with E-state index in [4.69, 9.17) is 9.47 Å². The second-order valence-electron chi connectivity index (χ2n) is 6.41. The summed E-state index contributed by atoms with van der Waals surface area (Å²) >= 11 is 0. The number of benzene rings is 1. The standard InChI is InChI=1S/C17H23FN2O3/c1-17(2,3)23-16(21)20-12-7-8-14(18)15(10-12)19-11-13-6-4-5-9-22-13/h5,7-10,13,19H,4,6,11H2,1-3H3,(H,20,21). The molecule has 5 nitrogen and oxygen atoms in total. The van der Waals surface area contributed by atoms with Crippen LogP contribution in [-0.2, 0) is 9.47 Å². The van der Waals surface area contributed by atoms with Crippen molar-refractivity contribution in [3.8, 4) is 0 Å². The molecule has 2 rings (SSSR count). The number of allylic oxidation sites excluding steroid dienone is 1. The van der Waals surface area contributed by atoms with Gasteiger partial charge in [0.1, 0.15) is 17.5 Å². The molecule has 0 fully saturated rings. The van der Waals surface area contributed by atoms with Gasteiger partial charge in [0, 0.05) is 5.69 Å². The lowest BCUT2D eigenvalue weighted by atomic mass is 10.1. The third-order valence-corrected chi connectivity index (χ3v) is 3.15. The summed E-state index contributed by atoms with van der Waals surface area (Å²) in [6.07, 6.45) is 4.92. The number of hydrogen-bond donors (Lipinski definition) is 2. The molecule has 1 amide bonds. The van der Waals surface area contributed by atoms with Gasteiger partial charge in [-0.25, -0.2) is 9.18 Å². The van der Waals surface area contributed by atoms with E-state index in [1.54, 1.807) is 27.0 Å². The molecule has 0 spiro atoms. The van der Waals surface area contributed by atoms with Crippen LogP contribution in [0.4, 0.5) is 20.6 Å². The van der Waals surface area contributed by atoms with Gasteiger partial charge in [0.15, 0.2) is 0 Å². The zero-order valence-corrected chi connectivity index (χ0v) is 13.7. The van der Waals surface area contributed by atoms with Gasteiger partial charge < -0.3 is 14.8 Å².